The van der Waals surface area contributed by atoms with E-state index in [4.69, 9.17) is 22.1 Å². The molecule has 2 rings (SSSR count). The molecular weight excluding hydrogens is 304 g/mol. The van der Waals surface area contributed by atoms with Gasteiger partial charge in [0.05, 0.1) is 15.7 Å². The van der Waals surface area contributed by atoms with Gasteiger partial charge in [0.25, 0.3) is 0 Å². The predicted molar refractivity (Wildman–Crippen MR) is 89.3 cm³/mol. The second kappa shape index (κ2) is 7.25. The van der Waals surface area contributed by atoms with Gasteiger partial charge in [-0.1, -0.05) is 31.5 Å². The van der Waals surface area contributed by atoms with Crippen LogP contribution in [0.3, 0.4) is 0 Å². The normalized spacial score (nSPS) is 12.7. The Balaban J connectivity index is 1.99. The molecule has 0 spiro atoms. The standard InChI is InChI=1S/C16H21ClN2OS/c1-10(2)16-19-13(9-21-16)8-20-15-5-4-12(6-11(3)18)7-14(15)17/h4-5,7,9-11H,6,8,18H2,1-3H3. The minimum atomic E-state index is 0.122. The quantitative estimate of drug-likeness (QED) is 0.857. The summed E-state index contributed by atoms with van der Waals surface area (Å²) in [6, 6.07) is 5.94. The number of thiazole rings is 1. The number of aromatic nitrogens is 1. The molecule has 1 atom stereocenters. The van der Waals surface area contributed by atoms with Crippen molar-refractivity contribution in [3.05, 3.63) is 44.9 Å². The zero-order valence-corrected chi connectivity index (χ0v) is 14.2. The Morgan fingerprint density at radius 1 is 1.33 bits per heavy atom. The van der Waals surface area contributed by atoms with Crippen LogP contribution in [0.2, 0.25) is 5.02 Å². The number of benzene rings is 1. The monoisotopic (exact) mass is 324 g/mol. The minimum Gasteiger partial charge on any atom is -0.486 e. The SMILES string of the molecule is CC(N)Cc1ccc(OCc2csc(C(C)C)n2)c(Cl)c1. The summed E-state index contributed by atoms with van der Waals surface area (Å²) in [5, 5.41) is 3.78. The van der Waals surface area contributed by atoms with Gasteiger partial charge in [-0.2, -0.15) is 0 Å². The smallest absolute Gasteiger partial charge is 0.138 e. The molecule has 0 aliphatic carbocycles. The number of nitrogens with zero attached hydrogens (tertiary/aromatic N) is 1. The Morgan fingerprint density at radius 3 is 2.67 bits per heavy atom. The molecule has 2 N–H and O–H groups in total. The van der Waals surface area contributed by atoms with Crippen LogP contribution in [0.25, 0.3) is 0 Å². The van der Waals surface area contributed by atoms with Crippen LogP contribution in [-0.4, -0.2) is 11.0 Å². The number of hydrogen-bond acceptors (Lipinski definition) is 4. The maximum Gasteiger partial charge on any atom is 0.138 e. The Bertz CT molecular complexity index is 596. The lowest BCUT2D eigenvalue weighted by Gasteiger charge is -2.10. The van der Waals surface area contributed by atoms with Gasteiger partial charge in [0.2, 0.25) is 0 Å². The second-order valence-electron chi connectivity index (χ2n) is 5.57. The summed E-state index contributed by atoms with van der Waals surface area (Å²) in [6.07, 6.45) is 0.809. The fourth-order valence-electron chi connectivity index (χ4n) is 1.97. The van der Waals surface area contributed by atoms with Crippen molar-refractivity contribution in [2.45, 2.75) is 45.8 Å². The molecule has 1 aromatic carbocycles. The Hall–Kier alpha value is -1.10. The summed E-state index contributed by atoms with van der Waals surface area (Å²) < 4.78 is 5.76. The van der Waals surface area contributed by atoms with Gasteiger partial charge >= 0.3 is 0 Å². The first kappa shape index (κ1) is 16.3. The molecule has 2 aromatic rings. The van der Waals surface area contributed by atoms with Gasteiger partial charge in [0, 0.05) is 17.3 Å². The van der Waals surface area contributed by atoms with E-state index in [1.165, 1.54) is 0 Å². The molecule has 5 heteroatoms. The zero-order valence-electron chi connectivity index (χ0n) is 12.6. The third kappa shape index (κ3) is 4.70. The van der Waals surface area contributed by atoms with Crippen molar-refractivity contribution in [2.24, 2.45) is 5.73 Å². The van der Waals surface area contributed by atoms with Crippen LogP contribution in [0.1, 0.15) is 43.0 Å². The van der Waals surface area contributed by atoms with E-state index >= 15 is 0 Å². The molecule has 0 aliphatic heterocycles. The average molecular weight is 325 g/mol. The first-order chi connectivity index (χ1) is 9.95. The van der Waals surface area contributed by atoms with E-state index in [0.717, 1.165) is 22.7 Å². The highest BCUT2D eigenvalue weighted by Gasteiger charge is 2.08. The van der Waals surface area contributed by atoms with Crippen LogP contribution in [0.15, 0.2) is 23.6 Å². The predicted octanol–water partition coefficient (Wildman–Crippen LogP) is 4.39. The van der Waals surface area contributed by atoms with Crippen molar-refractivity contribution in [3.8, 4) is 5.75 Å². The molecule has 0 saturated heterocycles. The van der Waals surface area contributed by atoms with Crippen LogP contribution in [0.4, 0.5) is 0 Å². The van der Waals surface area contributed by atoms with E-state index in [-0.39, 0.29) is 6.04 Å². The summed E-state index contributed by atoms with van der Waals surface area (Å²) in [6.45, 7) is 6.69. The van der Waals surface area contributed by atoms with Crippen LogP contribution in [-0.2, 0) is 13.0 Å². The highest BCUT2D eigenvalue weighted by Crippen LogP contribution is 2.27. The summed E-state index contributed by atoms with van der Waals surface area (Å²) in [4.78, 5) is 4.55. The molecule has 1 aromatic heterocycles. The summed E-state index contributed by atoms with van der Waals surface area (Å²) in [7, 11) is 0. The highest BCUT2D eigenvalue weighted by atomic mass is 35.5. The van der Waals surface area contributed by atoms with Gasteiger partial charge in [-0.25, -0.2) is 4.98 Å². The zero-order chi connectivity index (χ0) is 15.4. The molecule has 1 unspecified atom stereocenters. The van der Waals surface area contributed by atoms with Crippen LogP contribution < -0.4 is 10.5 Å². The molecule has 0 saturated carbocycles. The fraction of sp³-hybridized carbons (Fsp3) is 0.438. The molecule has 0 amide bonds. The lowest BCUT2D eigenvalue weighted by molar-refractivity contribution is 0.302. The number of nitrogens with two attached hydrogens (primary N) is 1. The van der Waals surface area contributed by atoms with Crippen molar-refractivity contribution in [2.75, 3.05) is 0 Å². The van der Waals surface area contributed by atoms with E-state index in [1.54, 1.807) is 11.3 Å². The van der Waals surface area contributed by atoms with Gasteiger partial charge in [-0.15, -0.1) is 11.3 Å². The van der Waals surface area contributed by atoms with Crippen molar-refractivity contribution in [1.29, 1.82) is 0 Å². The van der Waals surface area contributed by atoms with Crippen molar-refractivity contribution < 1.29 is 4.74 Å². The van der Waals surface area contributed by atoms with Crippen molar-refractivity contribution >= 4 is 22.9 Å². The number of ether oxygens (including phenoxy) is 1. The Kier molecular flexibility index (Phi) is 5.62. The van der Waals surface area contributed by atoms with Gasteiger partial charge in [0.1, 0.15) is 12.4 Å². The summed E-state index contributed by atoms with van der Waals surface area (Å²) in [5.74, 6) is 1.13. The van der Waals surface area contributed by atoms with E-state index in [0.29, 0.717) is 23.3 Å². The topological polar surface area (TPSA) is 48.1 Å². The molecule has 0 bridgehead atoms. The number of hydrogen-bond donors (Lipinski definition) is 1. The second-order valence-corrected chi connectivity index (χ2v) is 6.86. The Morgan fingerprint density at radius 2 is 2.10 bits per heavy atom. The molecule has 0 fully saturated rings. The number of halogens is 1. The molecule has 3 nitrogen and oxygen atoms in total. The molecular formula is C16H21ClN2OS. The van der Waals surface area contributed by atoms with Gasteiger partial charge in [-0.05, 0) is 31.0 Å². The first-order valence-corrected chi connectivity index (χ1v) is 8.32. The molecule has 21 heavy (non-hydrogen) atoms. The lowest BCUT2D eigenvalue weighted by atomic mass is 10.1. The number of rotatable bonds is 6. The lowest BCUT2D eigenvalue weighted by Crippen LogP contribution is -2.17. The fourth-order valence-corrected chi connectivity index (χ4v) is 3.04. The summed E-state index contributed by atoms with van der Waals surface area (Å²) >= 11 is 7.92. The average Bonchev–Trinajstić information content (AvgIpc) is 2.86. The highest BCUT2D eigenvalue weighted by molar-refractivity contribution is 7.09. The third-order valence-electron chi connectivity index (χ3n) is 2.99. The van der Waals surface area contributed by atoms with Crippen molar-refractivity contribution in [1.82, 2.24) is 4.98 Å². The van der Waals surface area contributed by atoms with Crippen LogP contribution >= 0.6 is 22.9 Å². The minimum absolute atomic E-state index is 0.122. The van der Waals surface area contributed by atoms with Crippen LogP contribution in [0, 0.1) is 0 Å². The van der Waals surface area contributed by atoms with E-state index < -0.39 is 0 Å². The molecule has 0 radical (unpaired) electrons. The van der Waals surface area contributed by atoms with Crippen molar-refractivity contribution in [3.63, 3.8) is 0 Å². The van der Waals surface area contributed by atoms with E-state index in [2.05, 4.69) is 18.8 Å². The molecule has 0 aliphatic rings. The van der Waals surface area contributed by atoms with Crippen LogP contribution in [0.5, 0.6) is 5.75 Å². The van der Waals surface area contributed by atoms with E-state index in [1.807, 2.05) is 30.5 Å². The summed E-state index contributed by atoms with van der Waals surface area (Å²) in [5.41, 5.74) is 7.86. The van der Waals surface area contributed by atoms with E-state index in [9.17, 15) is 0 Å². The Labute approximate surface area is 135 Å². The largest absolute Gasteiger partial charge is 0.486 e. The van der Waals surface area contributed by atoms with Gasteiger partial charge in [0.15, 0.2) is 0 Å². The third-order valence-corrected chi connectivity index (χ3v) is 4.48. The van der Waals surface area contributed by atoms with Gasteiger partial charge < -0.3 is 10.5 Å². The molecule has 1 heterocycles. The first-order valence-electron chi connectivity index (χ1n) is 7.06. The molecule has 114 valence electrons. The maximum atomic E-state index is 6.25. The van der Waals surface area contributed by atoms with Gasteiger partial charge in [-0.3, -0.25) is 0 Å². The maximum absolute atomic E-state index is 6.25.